The maximum absolute atomic E-state index is 13.0. The fourth-order valence-electron chi connectivity index (χ4n) is 3.51. The Labute approximate surface area is 225 Å². The number of nitrogens with one attached hydrogen (secondary N) is 1. The number of nitrogens with zero attached hydrogens (tertiary/aromatic N) is 1. The van der Waals surface area contributed by atoms with E-state index in [1.807, 2.05) is 0 Å². The highest BCUT2D eigenvalue weighted by molar-refractivity contribution is 6.35. The smallest absolute Gasteiger partial charge is 0.387 e. The van der Waals surface area contributed by atoms with Gasteiger partial charge in [-0.1, -0.05) is 29.3 Å². The number of alkyl halides is 2. The third-order valence-corrected chi connectivity index (χ3v) is 6.24. The number of carbonyl (C=O) groups is 2. The molecule has 0 spiro atoms. The molecule has 0 saturated heterocycles. The van der Waals surface area contributed by atoms with Crippen LogP contribution in [0.2, 0.25) is 10.0 Å². The Kier molecular flexibility index (Phi) is 8.90. The number of aromatic nitrogens is 2. The molecule has 3 aromatic rings. The predicted octanol–water partition coefficient (Wildman–Crippen LogP) is 5.03. The zero-order valence-electron chi connectivity index (χ0n) is 19.7. The lowest BCUT2D eigenvalue weighted by atomic mass is 10.0. The van der Waals surface area contributed by atoms with Crippen LogP contribution in [0.5, 0.6) is 11.5 Å². The van der Waals surface area contributed by atoms with Gasteiger partial charge in [0, 0.05) is 18.2 Å². The minimum Gasteiger partial charge on any atom is -0.619 e. The number of H-pyrrole nitrogens is 1. The molecule has 4 rings (SSSR count). The van der Waals surface area contributed by atoms with Crippen molar-refractivity contribution in [3.05, 3.63) is 81.0 Å². The molecular formula is C25H22Cl2F2N2O7. The molecule has 2 aromatic heterocycles. The van der Waals surface area contributed by atoms with Crippen LogP contribution in [0.3, 0.4) is 0 Å². The fourth-order valence-corrected chi connectivity index (χ4v) is 4.11. The van der Waals surface area contributed by atoms with Crippen molar-refractivity contribution >= 4 is 35.1 Å². The van der Waals surface area contributed by atoms with Crippen LogP contribution in [0, 0.1) is 11.1 Å². The minimum absolute atomic E-state index is 0.0228. The van der Waals surface area contributed by atoms with Gasteiger partial charge in [0.15, 0.2) is 30.5 Å². The first-order valence-electron chi connectivity index (χ1n) is 11.5. The van der Waals surface area contributed by atoms with Gasteiger partial charge < -0.3 is 29.1 Å². The number of hydrogen-bond acceptors (Lipinski definition) is 7. The molecule has 0 amide bonds. The molecule has 1 fully saturated rings. The number of hydrogen-bond donors (Lipinski definition) is 1. The van der Waals surface area contributed by atoms with Crippen molar-refractivity contribution in [3.8, 4) is 11.5 Å². The Morgan fingerprint density at radius 3 is 2.50 bits per heavy atom. The summed E-state index contributed by atoms with van der Waals surface area (Å²) >= 11 is 12.4. The van der Waals surface area contributed by atoms with E-state index in [2.05, 4.69) is 9.72 Å². The van der Waals surface area contributed by atoms with Gasteiger partial charge in [0.25, 0.3) is 0 Å². The normalized spacial score (nSPS) is 13.7. The van der Waals surface area contributed by atoms with Crippen LogP contribution in [0.1, 0.15) is 40.6 Å². The van der Waals surface area contributed by atoms with Crippen LogP contribution in [-0.4, -0.2) is 36.7 Å². The SMILES string of the molecule is O=C(COC(=O)c1ccc[nH]1)OC(Cc1c(Cl)c[n+]([O-])cc1Cl)c1ccc(OC(F)F)c(OCC2CC2)c1. The van der Waals surface area contributed by atoms with E-state index in [0.717, 1.165) is 25.2 Å². The predicted molar refractivity (Wildman–Crippen MR) is 130 cm³/mol. The van der Waals surface area contributed by atoms with E-state index in [4.69, 9.17) is 37.4 Å². The molecule has 38 heavy (non-hydrogen) atoms. The zero-order chi connectivity index (χ0) is 27.2. The van der Waals surface area contributed by atoms with Crippen LogP contribution >= 0.6 is 23.2 Å². The third kappa shape index (κ3) is 7.48. The van der Waals surface area contributed by atoms with E-state index >= 15 is 0 Å². The summed E-state index contributed by atoms with van der Waals surface area (Å²) in [5.41, 5.74) is 0.789. The summed E-state index contributed by atoms with van der Waals surface area (Å²) in [4.78, 5) is 27.4. The van der Waals surface area contributed by atoms with Crippen molar-refractivity contribution in [3.63, 3.8) is 0 Å². The molecule has 9 nitrogen and oxygen atoms in total. The van der Waals surface area contributed by atoms with Gasteiger partial charge in [0.05, 0.1) is 6.61 Å². The van der Waals surface area contributed by atoms with E-state index < -0.39 is 31.3 Å². The number of halogens is 4. The topological polar surface area (TPSA) is 114 Å². The van der Waals surface area contributed by atoms with E-state index in [9.17, 15) is 23.6 Å². The molecule has 0 bridgehead atoms. The first-order valence-corrected chi connectivity index (χ1v) is 12.2. The minimum atomic E-state index is -3.08. The molecule has 202 valence electrons. The van der Waals surface area contributed by atoms with Crippen molar-refractivity contribution in [2.24, 2.45) is 5.92 Å². The molecule has 1 aliphatic rings. The summed E-state index contributed by atoms with van der Waals surface area (Å²) in [6, 6.07) is 7.18. The molecule has 2 heterocycles. The lowest BCUT2D eigenvalue weighted by Crippen LogP contribution is -2.26. The van der Waals surface area contributed by atoms with Gasteiger partial charge in [-0.2, -0.15) is 13.5 Å². The molecule has 0 aliphatic heterocycles. The monoisotopic (exact) mass is 570 g/mol. The van der Waals surface area contributed by atoms with Crippen molar-refractivity contribution in [2.75, 3.05) is 13.2 Å². The number of ether oxygens (including phenoxy) is 4. The van der Waals surface area contributed by atoms with Gasteiger partial charge in [0.2, 0.25) is 0 Å². The highest BCUT2D eigenvalue weighted by Crippen LogP contribution is 2.37. The first-order chi connectivity index (χ1) is 18.2. The van der Waals surface area contributed by atoms with Crippen molar-refractivity contribution in [1.82, 2.24) is 4.98 Å². The fraction of sp³-hybridized carbons (Fsp3) is 0.320. The second-order valence-corrected chi connectivity index (χ2v) is 9.29. The molecular weight excluding hydrogens is 549 g/mol. The van der Waals surface area contributed by atoms with Crippen LogP contribution in [0.25, 0.3) is 0 Å². The Hall–Kier alpha value is -3.57. The van der Waals surface area contributed by atoms with Crippen molar-refractivity contribution in [2.45, 2.75) is 32.0 Å². The molecule has 1 aliphatic carbocycles. The quantitative estimate of drug-likeness (QED) is 0.184. The van der Waals surface area contributed by atoms with E-state index in [0.29, 0.717) is 28.4 Å². The van der Waals surface area contributed by atoms with Crippen LogP contribution < -0.4 is 14.2 Å². The van der Waals surface area contributed by atoms with Gasteiger partial charge >= 0.3 is 18.6 Å². The van der Waals surface area contributed by atoms with Crippen LogP contribution in [-0.2, 0) is 20.7 Å². The van der Waals surface area contributed by atoms with E-state index in [-0.39, 0.29) is 33.7 Å². The number of pyridine rings is 1. The summed E-state index contributed by atoms with van der Waals surface area (Å²) in [5, 5.41) is 11.7. The summed E-state index contributed by atoms with van der Waals surface area (Å²) < 4.78 is 47.2. The summed E-state index contributed by atoms with van der Waals surface area (Å²) in [6.45, 7) is -3.47. The lowest BCUT2D eigenvalue weighted by Gasteiger charge is -2.21. The molecule has 1 atom stereocenters. The molecule has 1 saturated carbocycles. The first kappa shape index (κ1) is 27.5. The summed E-state index contributed by atoms with van der Waals surface area (Å²) in [5.74, 6) is -1.48. The second kappa shape index (κ2) is 12.3. The van der Waals surface area contributed by atoms with Gasteiger partial charge in [-0.15, -0.1) is 0 Å². The van der Waals surface area contributed by atoms with Gasteiger partial charge in [-0.05, 0) is 48.6 Å². The molecule has 1 aromatic carbocycles. The standard InChI is InChI=1S/C25H22Cl2F2N2O7/c26-17-10-31(34)11-18(27)16(17)9-21(37-23(32)13-36-24(33)19-2-1-7-30-19)15-5-6-20(38-25(28)29)22(8-15)35-12-14-3-4-14/h1-2,5-8,10-11,14,21,25,30H,3-4,9,12-13H2. The van der Waals surface area contributed by atoms with Gasteiger partial charge in [-0.25, -0.2) is 9.59 Å². The maximum Gasteiger partial charge on any atom is 0.387 e. The number of benzene rings is 1. The number of carbonyl (C=O) groups excluding carboxylic acids is 2. The van der Waals surface area contributed by atoms with Gasteiger partial charge in [0.1, 0.15) is 21.8 Å². The Bertz CT molecular complexity index is 1260. The third-order valence-electron chi connectivity index (χ3n) is 5.59. The average Bonchev–Trinajstić information content (AvgIpc) is 3.52. The maximum atomic E-state index is 13.0. The largest absolute Gasteiger partial charge is 0.619 e. The Balaban J connectivity index is 1.58. The highest BCUT2D eigenvalue weighted by Gasteiger charge is 2.26. The van der Waals surface area contributed by atoms with Gasteiger partial charge in [-0.3, -0.25) is 0 Å². The number of aromatic amines is 1. The Morgan fingerprint density at radius 1 is 1.13 bits per heavy atom. The zero-order valence-corrected chi connectivity index (χ0v) is 21.2. The highest BCUT2D eigenvalue weighted by atomic mass is 35.5. The molecule has 1 N–H and O–H groups in total. The van der Waals surface area contributed by atoms with Crippen molar-refractivity contribution in [1.29, 1.82) is 0 Å². The van der Waals surface area contributed by atoms with Crippen molar-refractivity contribution < 1.29 is 42.0 Å². The van der Waals surface area contributed by atoms with Crippen LogP contribution in [0.4, 0.5) is 8.78 Å². The molecule has 1 unspecified atom stereocenters. The van der Waals surface area contributed by atoms with Crippen LogP contribution in [0.15, 0.2) is 48.9 Å². The summed E-state index contributed by atoms with van der Waals surface area (Å²) in [6.07, 6.45) is 4.47. The molecule has 13 heteroatoms. The average molecular weight is 571 g/mol. The van der Waals surface area contributed by atoms with E-state index in [1.54, 1.807) is 6.07 Å². The second-order valence-electron chi connectivity index (χ2n) is 8.47. The van der Waals surface area contributed by atoms with E-state index in [1.165, 1.54) is 30.5 Å². The number of esters is 2. The Morgan fingerprint density at radius 2 is 1.87 bits per heavy atom. The summed E-state index contributed by atoms with van der Waals surface area (Å²) in [7, 11) is 0. The lowest BCUT2D eigenvalue weighted by molar-refractivity contribution is -0.605. The number of rotatable bonds is 12. The molecule has 0 radical (unpaired) electrons.